The molecule has 0 radical (unpaired) electrons. The molecule has 2 aromatic carbocycles. The van der Waals surface area contributed by atoms with E-state index in [1.54, 1.807) is 48.5 Å². The monoisotopic (exact) mass is 516 g/mol. The number of rotatable bonds is 17. The molecule has 6 heteroatoms. The fraction of sp³-hybridized carbons (Fsp3) is 0.533. The van der Waals surface area contributed by atoms with Gasteiger partial charge in [0.15, 0.2) is 0 Å². The first-order valence-corrected chi connectivity index (χ1v) is 13.8. The molecular weight excluding hydrogens is 476 g/mol. The Bertz CT molecular complexity index is 895. The molecule has 0 spiro atoms. The molecule has 0 N–H and O–H groups in total. The van der Waals surface area contributed by atoms with E-state index in [0.29, 0.717) is 23.7 Å². The predicted molar refractivity (Wildman–Crippen MR) is 145 cm³/mol. The van der Waals surface area contributed by atoms with Gasteiger partial charge in [0, 0.05) is 0 Å². The Kier molecular flexibility index (Phi) is 14.0. The van der Waals surface area contributed by atoms with Gasteiger partial charge in [-0.3, -0.25) is 4.79 Å². The van der Waals surface area contributed by atoms with Crippen LogP contribution in [0.2, 0.25) is 0 Å². The van der Waals surface area contributed by atoms with Crippen LogP contribution in [-0.2, 0) is 4.79 Å². The maximum absolute atomic E-state index is 12.5. The Morgan fingerprint density at radius 2 is 1.22 bits per heavy atom. The van der Waals surface area contributed by atoms with Crippen molar-refractivity contribution in [2.75, 3.05) is 6.61 Å². The molecule has 0 amide bonds. The molecule has 0 saturated heterocycles. The quantitative estimate of drug-likeness (QED) is 0.0914. The largest absolute Gasteiger partial charge is 0.494 e. The summed E-state index contributed by atoms with van der Waals surface area (Å²) in [4.78, 5) is 24.6. The highest BCUT2D eigenvalue weighted by molar-refractivity contribution is 6.30. The van der Waals surface area contributed by atoms with E-state index >= 15 is 0 Å². The van der Waals surface area contributed by atoms with Gasteiger partial charge in [-0.05, 0) is 60.9 Å². The maximum Gasteiger partial charge on any atom is 0.343 e. The van der Waals surface area contributed by atoms with Gasteiger partial charge in [-0.1, -0.05) is 78.6 Å². The first kappa shape index (κ1) is 29.7. The summed E-state index contributed by atoms with van der Waals surface area (Å²) in [6.07, 6.45) is 12.3. The number of benzene rings is 2. The van der Waals surface area contributed by atoms with Crippen LogP contribution in [-0.4, -0.2) is 23.9 Å². The van der Waals surface area contributed by atoms with Gasteiger partial charge in [-0.25, -0.2) is 4.79 Å². The summed E-state index contributed by atoms with van der Waals surface area (Å²) in [5, 5.41) is -0.704. The first-order valence-electron chi connectivity index (χ1n) is 13.4. The van der Waals surface area contributed by atoms with Crippen LogP contribution in [0.25, 0.3) is 0 Å². The Morgan fingerprint density at radius 3 is 1.78 bits per heavy atom. The van der Waals surface area contributed by atoms with Gasteiger partial charge >= 0.3 is 11.9 Å². The van der Waals surface area contributed by atoms with Crippen LogP contribution in [0.5, 0.6) is 17.2 Å². The van der Waals surface area contributed by atoms with E-state index in [0.717, 1.165) is 18.6 Å². The summed E-state index contributed by atoms with van der Waals surface area (Å²) in [5.41, 5.74) is 0.430. The molecule has 2 atom stereocenters. The number of carbonyl (C=O) groups excluding carboxylic acids is 2. The Morgan fingerprint density at radius 1 is 0.722 bits per heavy atom. The molecular formula is C30H41ClO5. The number of halogens is 1. The molecule has 36 heavy (non-hydrogen) atoms. The van der Waals surface area contributed by atoms with Crippen molar-refractivity contribution in [3.05, 3.63) is 54.1 Å². The highest BCUT2D eigenvalue weighted by Crippen LogP contribution is 2.22. The molecule has 0 unspecified atom stereocenters. The van der Waals surface area contributed by atoms with Crippen LogP contribution in [0.1, 0.15) is 95.3 Å². The normalized spacial score (nSPS) is 12.6. The minimum atomic E-state index is -0.704. The molecule has 0 aromatic heterocycles. The van der Waals surface area contributed by atoms with Crippen molar-refractivity contribution in [3.63, 3.8) is 0 Å². The van der Waals surface area contributed by atoms with Crippen molar-refractivity contribution in [2.24, 2.45) is 5.92 Å². The van der Waals surface area contributed by atoms with E-state index in [4.69, 9.17) is 25.8 Å². The predicted octanol–water partition coefficient (Wildman–Crippen LogP) is 8.37. The lowest BCUT2D eigenvalue weighted by Gasteiger charge is -2.15. The molecule has 0 heterocycles. The summed E-state index contributed by atoms with van der Waals surface area (Å²) in [5.74, 6) is 0.508. The molecule has 5 nitrogen and oxygen atoms in total. The van der Waals surface area contributed by atoms with E-state index in [1.807, 2.05) is 13.8 Å². The number of esters is 2. The molecule has 0 aliphatic carbocycles. The van der Waals surface area contributed by atoms with Gasteiger partial charge in [0.05, 0.1) is 12.2 Å². The van der Waals surface area contributed by atoms with Crippen molar-refractivity contribution in [3.8, 4) is 17.2 Å². The lowest BCUT2D eigenvalue weighted by atomic mass is 10.1. The second kappa shape index (κ2) is 17.0. The van der Waals surface area contributed by atoms with Gasteiger partial charge in [0.1, 0.15) is 22.6 Å². The summed E-state index contributed by atoms with van der Waals surface area (Å²) in [7, 11) is 0. The highest BCUT2D eigenvalue weighted by atomic mass is 35.5. The summed E-state index contributed by atoms with van der Waals surface area (Å²) in [6, 6.07) is 13.3. The van der Waals surface area contributed by atoms with Gasteiger partial charge < -0.3 is 14.2 Å². The van der Waals surface area contributed by atoms with Crippen molar-refractivity contribution < 1.29 is 23.8 Å². The third kappa shape index (κ3) is 11.0. The lowest BCUT2D eigenvalue weighted by Crippen LogP contribution is -2.26. The zero-order valence-corrected chi connectivity index (χ0v) is 22.7. The van der Waals surface area contributed by atoms with Gasteiger partial charge in [-0.15, -0.1) is 11.6 Å². The maximum atomic E-state index is 12.5. The van der Waals surface area contributed by atoms with E-state index in [2.05, 4.69) is 6.92 Å². The zero-order chi connectivity index (χ0) is 26.2. The molecule has 0 bridgehead atoms. The summed E-state index contributed by atoms with van der Waals surface area (Å²) < 4.78 is 16.5. The van der Waals surface area contributed by atoms with Gasteiger partial charge in [0.25, 0.3) is 0 Å². The SMILES string of the molecule is CCCCCCCCCCCOc1ccc(C(=O)Oc2ccc(OC(=O)[C@@H](Cl)[C@@H](C)CC)cc2)cc1. The minimum absolute atomic E-state index is 0.0195. The number of hydrogen-bond acceptors (Lipinski definition) is 5. The van der Waals surface area contributed by atoms with Crippen molar-refractivity contribution in [2.45, 2.75) is 90.4 Å². The van der Waals surface area contributed by atoms with Crippen LogP contribution in [0.3, 0.4) is 0 Å². The van der Waals surface area contributed by atoms with Crippen molar-refractivity contribution in [1.29, 1.82) is 0 Å². The average molecular weight is 517 g/mol. The Balaban J connectivity index is 1.69. The van der Waals surface area contributed by atoms with Gasteiger partial charge in [-0.2, -0.15) is 0 Å². The van der Waals surface area contributed by atoms with Crippen molar-refractivity contribution in [1.82, 2.24) is 0 Å². The number of carbonyl (C=O) groups is 2. The summed E-state index contributed by atoms with van der Waals surface area (Å²) in [6.45, 7) is 6.79. The van der Waals surface area contributed by atoms with E-state index in [1.165, 1.54) is 51.4 Å². The zero-order valence-electron chi connectivity index (χ0n) is 22.0. The fourth-order valence-electron chi connectivity index (χ4n) is 3.64. The molecule has 198 valence electrons. The standard InChI is InChI=1S/C30H41ClO5/c1-4-6-7-8-9-10-11-12-13-22-34-25-16-14-24(15-17-25)29(32)35-26-18-20-27(21-19-26)36-30(33)28(31)23(3)5-2/h14-21,23,28H,4-13,22H2,1-3H3/t23-,28-/m0/s1. The molecule has 0 fully saturated rings. The van der Waals surface area contributed by atoms with Crippen LogP contribution < -0.4 is 14.2 Å². The number of ether oxygens (including phenoxy) is 3. The van der Waals surface area contributed by atoms with Crippen LogP contribution in [0.15, 0.2) is 48.5 Å². The average Bonchev–Trinajstić information content (AvgIpc) is 2.90. The van der Waals surface area contributed by atoms with E-state index in [-0.39, 0.29) is 5.92 Å². The highest BCUT2D eigenvalue weighted by Gasteiger charge is 2.23. The lowest BCUT2D eigenvalue weighted by molar-refractivity contribution is -0.134. The first-order chi connectivity index (χ1) is 17.4. The topological polar surface area (TPSA) is 61.8 Å². The van der Waals surface area contributed by atoms with Crippen molar-refractivity contribution >= 4 is 23.5 Å². The van der Waals surface area contributed by atoms with E-state index < -0.39 is 17.3 Å². The number of hydrogen-bond donors (Lipinski definition) is 0. The Labute approximate surface area is 221 Å². The number of alkyl halides is 1. The Hall–Kier alpha value is -2.53. The molecule has 0 saturated carbocycles. The van der Waals surface area contributed by atoms with E-state index in [9.17, 15) is 9.59 Å². The van der Waals surface area contributed by atoms with Crippen LogP contribution in [0, 0.1) is 5.92 Å². The van der Waals surface area contributed by atoms with Crippen LogP contribution in [0.4, 0.5) is 0 Å². The molecule has 2 rings (SSSR count). The molecule has 0 aliphatic rings. The third-order valence-corrected chi connectivity index (χ3v) is 6.84. The fourth-order valence-corrected chi connectivity index (χ4v) is 3.87. The summed E-state index contributed by atoms with van der Waals surface area (Å²) >= 11 is 6.13. The smallest absolute Gasteiger partial charge is 0.343 e. The number of unbranched alkanes of at least 4 members (excludes halogenated alkanes) is 8. The third-order valence-electron chi connectivity index (χ3n) is 6.23. The minimum Gasteiger partial charge on any atom is -0.494 e. The van der Waals surface area contributed by atoms with Crippen LogP contribution >= 0.6 is 11.6 Å². The molecule has 0 aliphatic heterocycles. The second-order valence-corrected chi connectivity index (χ2v) is 9.74. The molecule has 2 aromatic rings. The van der Waals surface area contributed by atoms with Gasteiger partial charge in [0.2, 0.25) is 0 Å². The second-order valence-electron chi connectivity index (χ2n) is 9.27.